The molecular weight excluding hydrogens is 474 g/mol. The van der Waals surface area contributed by atoms with Crippen LogP contribution in [0.25, 0.3) is 0 Å². The number of hydrogen-bond donors (Lipinski definition) is 2. The highest BCUT2D eigenvalue weighted by Gasteiger charge is 2.60. The van der Waals surface area contributed by atoms with Crippen LogP contribution >= 0.6 is 15.9 Å². The third kappa shape index (κ3) is 3.50. The first-order chi connectivity index (χ1) is 15.0. The zero-order valence-corrected chi connectivity index (χ0v) is 20.2. The van der Waals surface area contributed by atoms with Crippen molar-refractivity contribution in [3.05, 3.63) is 58.6 Å². The molecule has 0 aromatic heterocycles. The molecule has 3 atom stereocenters. The van der Waals surface area contributed by atoms with Gasteiger partial charge in [0.2, 0.25) is 0 Å². The molecule has 0 bridgehead atoms. The highest BCUT2D eigenvalue weighted by molar-refractivity contribution is 9.10. The first kappa shape index (κ1) is 22.8. The van der Waals surface area contributed by atoms with Crippen LogP contribution in [0.4, 0.5) is 21.0 Å². The van der Waals surface area contributed by atoms with Crippen LogP contribution in [0.1, 0.15) is 26.3 Å². The molecule has 1 saturated heterocycles. The molecule has 2 N–H and O–H groups in total. The van der Waals surface area contributed by atoms with Crippen LogP contribution in [0.2, 0.25) is 0 Å². The van der Waals surface area contributed by atoms with E-state index in [0.29, 0.717) is 32.7 Å². The molecule has 3 unspecified atom stereocenters. The first-order valence-electron chi connectivity index (χ1n) is 10.8. The second-order valence-corrected chi connectivity index (χ2v) is 10.8. The van der Waals surface area contributed by atoms with E-state index in [1.807, 2.05) is 69.3 Å². The molecule has 170 valence electrons. The highest BCUT2D eigenvalue weighted by Crippen LogP contribution is 2.48. The normalized spacial score (nSPS) is 27.4. The zero-order chi connectivity index (χ0) is 23.3. The topological polar surface area (TPSA) is 77.8 Å². The number of amides is 2. The Morgan fingerprint density at radius 1 is 1.06 bits per heavy atom. The maximum Gasteiger partial charge on any atom is 0.519 e. The summed E-state index contributed by atoms with van der Waals surface area (Å²) in [6, 6.07) is 15.3. The van der Waals surface area contributed by atoms with Gasteiger partial charge in [0.25, 0.3) is 0 Å². The summed E-state index contributed by atoms with van der Waals surface area (Å²) in [4.78, 5) is 27.7. The van der Waals surface area contributed by atoms with Crippen LogP contribution in [0.15, 0.2) is 53.0 Å². The van der Waals surface area contributed by atoms with Crippen LogP contribution in [0.3, 0.4) is 0 Å². The van der Waals surface area contributed by atoms with Crippen molar-refractivity contribution in [3.8, 4) is 0 Å². The van der Waals surface area contributed by atoms with Crippen molar-refractivity contribution in [3.63, 3.8) is 0 Å². The van der Waals surface area contributed by atoms with Crippen molar-refractivity contribution < 1.29 is 24.3 Å². The lowest BCUT2D eigenvalue weighted by Gasteiger charge is -2.54. The van der Waals surface area contributed by atoms with E-state index in [2.05, 4.69) is 20.8 Å². The second-order valence-electron chi connectivity index (χ2n) is 9.90. The third-order valence-corrected chi connectivity index (χ3v) is 7.61. The smallest absolute Gasteiger partial charge is 0.435 e. The Morgan fingerprint density at radius 3 is 2.34 bits per heavy atom. The van der Waals surface area contributed by atoms with E-state index < -0.39 is 17.7 Å². The quantitative estimate of drug-likeness (QED) is 0.555. The molecule has 32 heavy (non-hydrogen) atoms. The number of piperazine rings is 1. The van der Waals surface area contributed by atoms with Crippen LogP contribution in [-0.2, 0) is 6.54 Å². The van der Waals surface area contributed by atoms with Crippen molar-refractivity contribution in [1.82, 2.24) is 4.48 Å². The fraction of sp³-hybridized carbons (Fsp3) is 0.417. The van der Waals surface area contributed by atoms with Crippen LogP contribution in [0, 0.1) is 0 Å². The molecule has 1 fully saturated rings. The predicted octanol–water partition coefficient (Wildman–Crippen LogP) is 5.13. The van der Waals surface area contributed by atoms with E-state index in [0.717, 1.165) is 21.4 Å². The number of quaternary nitrogens is 2. The number of carboxylic acid groups (broad SMARTS) is 2. The van der Waals surface area contributed by atoms with Crippen molar-refractivity contribution in [1.29, 1.82) is 0 Å². The molecule has 8 heteroatoms. The minimum absolute atomic E-state index is 0.0964. The standard InChI is InChI=1S/C24H28BrN3O4/c1-24(2,3)28(23(31)32)16-19-15-27(22(29)30,14-17-7-5-4-6-8-17)12-11-26(19)20-10-9-18(25)13-21(20)28/h4-10,13,19H,11-12,14-16H2,1-3H3/p+2. The van der Waals surface area contributed by atoms with E-state index >= 15 is 0 Å². The average Bonchev–Trinajstić information content (AvgIpc) is 2.72. The van der Waals surface area contributed by atoms with Crippen molar-refractivity contribution in [2.75, 3.05) is 31.1 Å². The van der Waals surface area contributed by atoms with Gasteiger partial charge in [-0.05, 0) is 32.9 Å². The Morgan fingerprint density at radius 2 is 1.75 bits per heavy atom. The molecule has 2 aromatic carbocycles. The SMILES string of the molecule is CC(C)(C)[N+]1(C(=O)O)CC2C[N+](Cc3ccccc3)(C(=O)O)CCN2c2ccc(Br)cc21. The monoisotopic (exact) mass is 503 g/mol. The second kappa shape index (κ2) is 7.86. The predicted molar refractivity (Wildman–Crippen MR) is 128 cm³/mol. The van der Waals surface area contributed by atoms with E-state index in [-0.39, 0.29) is 15.0 Å². The molecule has 0 spiro atoms. The largest absolute Gasteiger partial charge is 0.519 e. The maximum absolute atomic E-state index is 12.9. The summed E-state index contributed by atoms with van der Waals surface area (Å²) in [5.74, 6) is 0. The number of rotatable bonds is 2. The van der Waals surface area contributed by atoms with Gasteiger partial charge in [-0.25, -0.2) is 4.48 Å². The maximum atomic E-state index is 12.9. The number of fused-ring (bicyclic) bond motifs is 3. The minimum Gasteiger partial charge on any atom is -0.435 e. The Bertz CT molecular complexity index is 1050. The van der Waals surface area contributed by atoms with E-state index in [4.69, 9.17) is 0 Å². The summed E-state index contributed by atoms with van der Waals surface area (Å²) in [6.45, 7) is 7.87. The van der Waals surface area contributed by atoms with Crippen molar-refractivity contribution in [2.24, 2.45) is 0 Å². The Hall–Kier alpha value is -2.42. The van der Waals surface area contributed by atoms with Gasteiger partial charge >= 0.3 is 12.2 Å². The molecule has 2 amide bonds. The molecule has 0 radical (unpaired) electrons. The van der Waals surface area contributed by atoms with Gasteiger partial charge in [-0.3, -0.25) is 0 Å². The van der Waals surface area contributed by atoms with Crippen LogP contribution in [0.5, 0.6) is 0 Å². The van der Waals surface area contributed by atoms with Crippen molar-refractivity contribution in [2.45, 2.75) is 38.9 Å². The molecule has 0 aliphatic carbocycles. The number of halogens is 1. The summed E-state index contributed by atoms with van der Waals surface area (Å²) in [5, 5.41) is 20.8. The van der Waals surface area contributed by atoms with Gasteiger partial charge in [0.1, 0.15) is 43.4 Å². The fourth-order valence-corrected chi connectivity index (χ4v) is 5.78. The Balaban J connectivity index is 1.81. The third-order valence-electron chi connectivity index (χ3n) is 7.12. The molecule has 2 aromatic rings. The van der Waals surface area contributed by atoms with Crippen LogP contribution < -0.4 is 9.38 Å². The summed E-state index contributed by atoms with van der Waals surface area (Å²) < 4.78 is 0.494. The van der Waals surface area contributed by atoms with Gasteiger partial charge in [-0.2, -0.15) is 14.1 Å². The summed E-state index contributed by atoms with van der Waals surface area (Å²) in [6.07, 6.45) is -1.78. The molecule has 2 aliphatic rings. The first-order valence-corrected chi connectivity index (χ1v) is 11.6. The molecule has 7 nitrogen and oxygen atoms in total. The zero-order valence-electron chi connectivity index (χ0n) is 18.7. The Labute approximate surface area is 196 Å². The highest BCUT2D eigenvalue weighted by atomic mass is 79.9. The lowest BCUT2D eigenvalue weighted by atomic mass is 9.92. The van der Waals surface area contributed by atoms with Crippen molar-refractivity contribution >= 4 is 39.5 Å². The van der Waals surface area contributed by atoms with Gasteiger partial charge in [-0.15, -0.1) is 0 Å². The summed E-state index contributed by atoms with van der Waals surface area (Å²) in [7, 11) is 0. The summed E-state index contributed by atoms with van der Waals surface area (Å²) >= 11 is 3.52. The average molecular weight is 504 g/mol. The van der Waals surface area contributed by atoms with E-state index in [9.17, 15) is 19.8 Å². The van der Waals surface area contributed by atoms with Gasteiger partial charge in [0.15, 0.2) is 5.69 Å². The van der Waals surface area contributed by atoms with Gasteiger partial charge in [0, 0.05) is 16.1 Å². The number of carbonyl (C=O) groups is 2. The Kier molecular flexibility index (Phi) is 5.59. The van der Waals surface area contributed by atoms with Crippen LogP contribution in [-0.4, -0.2) is 64.6 Å². The van der Waals surface area contributed by atoms with Gasteiger partial charge < -0.3 is 15.1 Å². The lowest BCUT2D eigenvalue weighted by molar-refractivity contribution is -0.874. The molecule has 2 heterocycles. The molecule has 2 aliphatic heterocycles. The number of benzene rings is 2. The number of hydrogen-bond acceptors (Lipinski definition) is 3. The van der Waals surface area contributed by atoms with E-state index in [1.165, 1.54) is 0 Å². The van der Waals surface area contributed by atoms with E-state index in [1.54, 1.807) is 0 Å². The molecule has 0 saturated carbocycles. The lowest BCUT2D eigenvalue weighted by Crippen LogP contribution is -2.76. The van der Waals surface area contributed by atoms with Gasteiger partial charge in [-0.1, -0.05) is 46.3 Å². The fourth-order valence-electron chi connectivity index (χ4n) is 5.43. The minimum atomic E-state index is -0.918. The number of anilines is 1. The summed E-state index contributed by atoms with van der Waals surface area (Å²) in [5.41, 5.74) is 1.97. The number of nitrogens with zero attached hydrogens (tertiary/aromatic N) is 3. The van der Waals surface area contributed by atoms with Gasteiger partial charge in [0.05, 0.1) is 6.54 Å². The molecule has 4 rings (SSSR count). The molecular formula is C24H30BrN3O4+2.